The Labute approximate surface area is 164 Å². The molecule has 1 unspecified atom stereocenters. The summed E-state index contributed by atoms with van der Waals surface area (Å²) >= 11 is 0. The maximum atomic E-state index is 5.33. The van der Waals surface area contributed by atoms with Gasteiger partial charge in [-0.3, -0.25) is 4.99 Å². The second-order valence-electron chi connectivity index (χ2n) is 5.77. The number of hydrogen-bond acceptors (Lipinski definition) is 5. The van der Waals surface area contributed by atoms with Gasteiger partial charge in [-0.1, -0.05) is 0 Å². The van der Waals surface area contributed by atoms with Crippen LogP contribution in [-0.2, 0) is 30.7 Å². The molecule has 0 spiro atoms. The topological polar surface area (TPSA) is 89.5 Å². The van der Waals surface area contributed by atoms with Crippen LogP contribution in [0.25, 0.3) is 0 Å². The molecule has 2 aromatic heterocycles. The monoisotopic (exact) mass is 460 g/mol. The molecule has 138 valence electrons. The van der Waals surface area contributed by atoms with Crippen LogP contribution >= 0.6 is 24.0 Å². The summed E-state index contributed by atoms with van der Waals surface area (Å²) in [6.45, 7) is 2.01. The molecule has 0 aliphatic carbocycles. The van der Waals surface area contributed by atoms with E-state index < -0.39 is 0 Å². The molecule has 0 fully saturated rings. The number of methoxy groups -OCH3 is 1. The summed E-state index contributed by atoms with van der Waals surface area (Å²) in [6.07, 6.45) is 4.42. The fraction of sp³-hybridized carbons (Fsp3) is 0.562. The van der Waals surface area contributed by atoms with Gasteiger partial charge < -0.3 is 19.8 Å². The minimum atomic E-state index is 0. The lowest BCUT2D eigenvalue weighted by atomic mass is 10.1. The molecule has 25 heavy (non-hydrogen) atoms. The van der Waals surface area contributed by atoms with Crippen molar-refractivity contribution in [1.29, 1.82) is 0 Å². The van der Waals surface area contributed by atoms with Crippen molar-refractivity contribution in [2.24, 2.45) is 4.99 Å². The van der Waals surface area contributed by atoms with Crippen LogP contribution in [0, 0.1) is 0 Å². The fourth-order valence-corrected chi connectivity index (χ4v) is 2.82. The third-order valence-corrected chi connectivity index (χ3v) is 3.98. The van der Waals surface area contributed by atoms with E-state index in [0.29, 0.717) is 6.61 Å². The normalized spacial score (nSPS) is 16.9. The van der Waals surface area contributed by atoms with Crippen molar-refractivity contribution < 1.29 is 9.15 Å². The average Bonchev–Trinajstić information content (AvgIpc) is 3.23. The smallest absolute Gasteiger partial charge is 0.191 e. The van der Waals surface area contributed by atoms with Crippen LogP contribution < -0.4 is 10.6 Å². The van der Waals surface area contributed by atoms with Crippen molar-refractivity contribution in [2.45, 2.75) is 38.5 Å². The van der Waals surface area contributed by atoms with Crippen molar-refractivity contribution >= 4 is 29.9 Å². The molecule has 0 bridgehead atoms. The molecule has 1 atom stereocenters. The molecule has 1 aliphatic rings. The highest BCUT2D eigenvalue weighted by Crippen LogP contribution is 2.13. The van der Waals surface area contributed by atoms with Crippen LogP contribution in [0.1, 0.15) is 23.8 Å². The number of furan rings is 1. The van der Waals surface area contributed by atoms with Gasteiger partial charge in [0.25, 0.3) is 0 Å². The number of aromatic nitrogens is 3. The molecule has 2 aromatic rings. The molecule has 0 aromatic carbocycles. The number of guanidine groups is 1. The number of fused-ring (bicyclic) bond motifs is 1. The van der Waals surface area contributed by atoms with Crippen LogP contribution in [0.2, 0.25) is 0 Å². The van der Waals surface area contributed by atoms with Crippen molar-refractivity contribution in [2.75, 3.05) is 20.7 Å². The van der Waals surface area contributed by atoms with E-state index in [2.05, 4.69) is 25.7 Å². The summed E-state index contributed by atoms with van der Waals surface area (Å²) in [5.41, 5.74) is 0. The third-order valence-electron chi connectivity index (χ3n) is 3.98. The van der Waals surface area contributed by atoms with Crippen molar-refractivity contribution in [3.8, 4) is 0 Å². The SMILES string of the molecule is CN=C(NCCc1ccco1)NC1CCc2nc(COC)nn2C1.I. The molecule has 0 saturated carbocycles. The molecule has 1 aliphatic heterocycles. The Balaban J connectivity index is 0.00000225. The van der Waals surface area contributed by atoms with Crippen LogP contribution in [0.15, 0.2) is 27.8 Å². The predicted octanol–water partition coefficient (Wildman–Crippen LogP) is 1.36. The number of nitrogens with zero attached hydrogens (tertiary/aromatic N) is 4. The Bertz CT molecular complexity index is 670. The molecule has 2 N–H and O–H groups in total. The maximum Gasteiger partial charge on any atom is 0.191 e. The van der Waals surface area contributed by atoms with Crippen molar-refractivity contribution in [3.05, 3.63) is 35.8 Å². The number of halogens is 1. The highest BCUT2D eigenvalue weighted by molar-refractivity contribution is 14.0. The predicted molar refractivity (Wildman–Crippen MR) is 105 cm³/mol. The minimum absolute atomic E-state index is 0. The first-order valence-corrected chi connectivity index (χ1v) is 8.19. The van der Waals surface area contributed by atoms with Crippen LogP contribution in [-0.4, -0.2) is 47.5 Å². The molecule has 0 saturated heterocycles. The summed E-state index contributed by atoms with van der Waals surface area (Å²) in [4.78, 5) is 8.79. The van der Waals surface area contributed by atoms with E-state index in [4.69, 9.17) is 9.15 Å². The third kappa shape index (κ3) is 5.43. The number of aliphatic imine (C=N–C) groups is 1. The van der Waals surface area contributed by atoms with Gasteiger partial charge in [-0.2, -0.15) is 5.10 Å². The van der Waals surface area contributed by atoms with Gasteiger partial charge >= 0.3 is 0 Å². The maximum absolute atomic E-state index is 5.33. The fourth-order valence-electron chi connectivity index (χ4n) is 2.82. The van der Waals surface area contributed by atoms with Gasteiger partial charge in [-0.05, 0) is 18.6 Å². The lowest BCUT2D eigenvalue weighted by Crippen LogP contribution is -2.47. The lowest BCUT2D eigenvalue weighted by Gasteiger charge is -2.25. The second-order valence-corrected chi connectivity index (χ2v) is 5.77. The highest BCUT2D eigenvalue weighted by Gasteiger charge is 2.22. The summed E-state index contributed by atoms with van der Waals surface area (Å²) < 4.78 is 12.4. The van der Waals surface area contributed by atoms with Crippen LogP contribution in [0.3, 0.4) is 0 Å². The van der Waals surface area contributed by atoms with E-state index in [0.717, 1.165) is 55.7 Å². The number of nitrogens with one attached hydrogen (secondary N) is 2. The Morgan fingerprint density at radius 1 is 1.52 bits per heavy atom. The molecule has 0 amide bonds. The average molecular weight is 460 g/mol. The Hall–Kier alpha value is -1.62. The van der Waals surface area contributed by atoms with Gasteiger partial charge in [0.1, 0.15) is 18.2 Å². The summed E-state index contributed by atoms with van der Waals surface area (Å²) in [5.74, 6) is 3.54. The largest absolute Gasteiger partial charge is 0.469 e. The first-order chi connectivity index (χ1) is 11.8. The zero-order chi connectivity index (χ0) is 16.8. The number of rotatable bonds is 6. The van der Waals surface area contributed by atoms with Gasteiger partial charge in [-0.15, -0.1) is 24.0 Å². The van der Waals surface area contributed by atoms with Crippen molar-refractivity contribution in [3.63, 3.8) is 0 Å². The molecular formula is C16H25IN6O2. The van der Waals surface area contributed by atoms with E-state index in [9.17, 15) is 0 Å². The number of aryl methyl sites for hydroxylation is 1. The van der Waals surface area contributed by atoms with E-state index in [1.165, 1.54) is 0 Å². The Kier molecular flexibility index (Phi) is 7.69. The van der Waals surface area contributed by atoms with Gasteiger partial charge in [0, 0.05) is 39.6 Å². The molecule has 9 heteroatoms. The van der Waals surface area contributed by atoms with Crippen molar-refractivity contribution in [1.82, 2.24) is 25.4 Å². The molecule has 8 nitrogen and oxygen atoms in total. The zero-order valence-corrected chi connectivity index (χ0v) is 16.9. The highest BCUT2D eigenvalue weighted by atomic mass is 127. The minimum Gasteiger partial charge on any atom is -0.469 e. The molecular weight excluding hydrogens is 435 g/mol. The molecule has 0 radical (unpaired) electrons. The Morgan fingerprint density at radius 2 is 2.40 bits per heavy atom. The Morgan fingerprint density at radius 3 is 3.12 bits per heavy atom. The standard InChI is InChI=1S/C16H24N6O2.HI/c1-17-16(18-8-7-13-4-3-9-24-13)19-12-5-6-15-20-14(11-23-2)21-22(15)10-12;/h3-4,9,12H,5-8,10-11H2,1-2H3,(H2,17,18,19);1H. The van der Waals surface area contributed by atoms with E-state index in [1.807, 2.05) is 16.8 Å². The van der Waals surface area contributed by atoms with E-state index >= 15 is 0 Å². The van der Waals surface area contributed by atoms with Gasteiger partial charge in [0.15, 0.2) is 11.8 Å². The molecule has 3 rings (SSSR count). The first-order valence-electron chi connectivity index (χ1n) is 8.19. The summed E-state index contributed by atoms with van der Waals surface area (Å²) in [6, 6.07) is 4.16. The lowest BCUT2D eigenvalue weighted by molar-refractivity contribution is 0.177. The van der Waals surface area contributed by atoms with Crippen LogP contribution in [0.5, 0.6) is 0 Å². The zero-order valence-electron chi connectivity index (χ0n) is 14.6. The number of ether oxygens (including phenoxy) is 1. The van der Waals surface area contributed by atoms with Gasteiger partial charge in [0.05, 0.1) is 12.8 Å². The molecule has 3 heterocycles. The second kappa shape index (κ2) is 9.76. The first kappa shape index (κ1) is 19.7. The van der Waals surface area contributed by atoms with E-state index in [-0.39, 0.29) is 30.0 Å². The van der Waals surface area contributed by atoms with Gasteiger partial charge in [-0.25, -0.2) is 9.67 Å². The van der Waals surface area contributed by atoms with E-state index in [1.54, 1.807) is 20.4 Å². The quantitative estimate of drug-likeness (QED) is 0.385. The number of hydrogen-bond donors (Lipinski definition) is 2. The van der Waals surface area contributed by atoms with Gasteiger partial charge in [0.2, 0.25) is 0 Å². The summed E-state index contributed by atoms with van der Waals surface area (Å²) in [7, 11) is 3.44. The summed E-state index contributed by atoms with van der Waals surface area (Å²) in [5, 5.41) is 11.3. The van der Waals surface area contributed by atoms with Crippen LogP contribution in [0.4, 0.5) is 0 Å².